The Bertz CT molecular complexity index is 1520. The summed E-state index contributed by atoms with van der Waals surface area (Å²) < 4.78 is 13.7. The third kappa shape index (κ3) is 7.32. The molecule has 10 heteroatoms. The molecule has 0 radical (unpaired) electrons. The van der Waals surface area contributed by atoms with Crippen LogP contribution < -0.4 is 15.4 Å². The minimum absolute atomic E-state index is 0.0605. The lowest BCUT2D eigenvalue weighted by Gasteiger charge is -2.36. The van der Waals surface area contributed by atoms with Crippen molar-refractivity contribution in [2.45, 2.75) is 95.7 Å². The maximum atomic E-state index is 13.4. The summed E-state index contributed by atoms with van der Waals surface area (Å²) in [6.45, 7) is 6.74. The zero-order valence-electron chi connectivity index (χ0n) is 26.4. The van der Waals surface area contributed by atoms with Gasteiger partial charge in [-0.05, 0) is 79.8 Å². The van der Waals surface area contributed by atoms with E-state index < -0.39 is 0 Å². The molecule has 1 saturated carbocycles. The van der Waals surface area contributed by atoms with Crippen molar-refractivity contribution in [2.24, 2.45) is 17.8 Å². The Hall–Kier alpha value is -3.53. The molecule has 3 fully saturated rings. The zero-order chi connectivity index (χ0) is 31.5. The minimum Gasteiger partial charge on any atom is -0.461 e. The lowest BCUT2D eigenvalue weighted by molar-refractivity contribution is -0.156. The number of urea groups is 1. The van der Waals surface area contributed by atoms with Crippen molar-refractivity contribution in [1.82, 2.24) is 20.2 Å². The Morgan fingerprint density at radius 1 is 1.04 bits per heavy atom. The van der Waals surface area contributed by atoms with E-state index in [1.807, 2.05) is 52.7 Å². The van der Waals surface area contributed by atoms with Gasteiger partial charge in [0.25, 0.3) is 0 Å². The van der Waals surface area contributed by atoms with Crippen molar-refractivity contribution in [1.29, 1.82) is 0 Å². The van der Waals surface area contributed by atoms with Gasteiger partial charge in [-0.1, -0.05) is 45.7 Å². The number of hydrogen-bond acceptors (Lipinski definition) is 7. The number of carbonyl (C=O) groups is 3. The molecule has 9 nitrogen and oxygen atoms in total. The third-order valence-electron chi connectivity index (χ3n) is 9.59. The lowest BCUT2D eigenvalue weighted by Crippen LogP contribution is -2.36. The molecule has 2 unspecified atom stereocenters. The van der Waals surface area contributed by atoms with Crippen LogP contribution in [0.25, 0.3) is 22.4 Å². The number of nitrogens with one attached hydrogen (secondary N) is 2. The van der Waals surface area contributed by atoms with Crippen LogP contribution in [0.15, 0.2) is 48.5 Å². The second-order valence-electron chi connectivity index (χ2n) is 13.2. The van der Waals surface area contributed by atoms with Gasteiger partial charge in [0.1, 0.15) is 24.2 Å². The second-order valence-corrected chi connectivity index (χ2v) is 14.5. The van der Waals surface area contributed by atoms with Gasteiger partial charge in [-0.2, -0.15) is 11.8 Å². The Kier molecular flexibility index (Phi) is 9.68. The van der Waals surface area contributed by atoms with Gasteiger partial charge in [-0.3, -0.25) is 9.59 Å². The van der Waals surface area contributed by atoms with Crippen molar-refractivity contribution in [2.75, 3.05) is 5.75 Å². The number of nitrogens with zero attached hydrogens (tertiary/aromatic N) is 2. The molecule has 2 N–H and O–H groups in total. The molecule has 3 aliphatic rings. The molecular weight excluding hydrogens is 588 g/mol. The van der Waals surface area contributed by atoms with E-state index >= 15 is 0 Å². The van der Waals surface area contributed by atoms with E-state index in [-0.39, 0.29) is 42.7 Å². The number of benzene rings is 2. The van der Waals surface area contributed by atoms with Gasteiger partial charge in [0, 0.05) is 23.0 Å². The summed E-state index contributed by atoms with van der Waals surface area (Å²) in [7, 11) is 0. The van der Waals surface area contributed by atoms with Crippen LogP contribution in [-0.4, -0.2) is 56.7 Å². The Morgan fingerprint density at radius 3 is 2.64 bits per heavy atom. The van der Waals surface area contributed by atoms with Crippen LogP contribution in [0, 0.1) is 17.8 Å². The number of hydrogen-bond donors (Lipinski definition) is 2. The van der Waals surface area contributed by atoms with E-state index in [0.717, 1.165) is 54.5 Å². The largest absolute Gasteiger partial charge is 0.461 e. The number of fused-ring (bicyclic) bond motifs is 2. The lowest BCUT2D eigenvalue weighted by atomic mass is 9.75. The van der Waals surface area contributed by atoms with Crippen molar-refractivity contribution >= 4 is 40.8 Å². The molecule has 3 aromatic rings. The molecule has 6 atom stereocenters. The smallest absolute Gasteiger partial charge is 0.326 e. The highest BCUT2D eigenvalue weighted by Gasteiger charge is 2.42. The number of unbranched alkanes of at least 4 members (excludes halogenated alkanes) is 1. The van der Waals surface area contributed by atoms with Gasteiger partial charge in [0.2, 0.25) is 0 Å². The summed E-state index contributed by atoms with van der Waals surface area (Å²) in [4.78, 5) is 42.4. The average molecular weight is 633 g/mol. The third-order valence-corrected chi connectivity index (χ3v) is 11.1. The summed E-state index contributed by atoms with van der Waals surface area (Å²) in [5.41, 5.74) is 2.50. The first kappa shape index (κ1) is 31.5. The normalized spacial score (nSPS) is 26.0. The van der Waals surface area contributed by atoms with Gasteiger partial charge in [-0.15, -0.1) is 0 Å². The second kappa shape index (κ2) is 13.8. The molecule has 3 heterocycles. The Balaban J connectivity index is 1.06. The Morgan fingerprint density at radius 2 is 1.84 bits per heavy atom. The SMILES string of the molecule is CC(C)[C@@H]1CC[C@@H](C)CC1OC(=O)Cn1c(-c2ccc(OC(=O)CCCCC3SC[C@@H]4NC(=O)N[C@H]34)cc2)nc2ccccc21. The highest BCUT2D eigenvalue weighted by molar-refractivity contribution is 8.00. The van der Waals surface area contributed by atoms with E-state index in [0.29, 0.717) is 41.0 Å². The molecule has 2 saturated heterocycles. The highest BCUT2D eigenvalue weighted by Crippen LogP contribution is 2.36. The number of carbonyl (C=O) groups excluding carboxylic acids is 3. The van der Waals surface area contributed by atoms with Gasteiger partial charge in [-0.25, -0.2) is 9.78 Å². The molecule has 0 bridgehead atoms. The van der Waals surface area contributed by atoms with Crippen LogP contribution >= 0.6 is 11.8 Å². The standard InChI is InChI=1S/C35H44N4O5S/c1-21(2)25-17-12-22(3)18-29(25)44-32(41)19-39-28-9-5-4-8-26(28)36-34(39)23-13-15-24(16-14-23)43-31(40)11-7-6-10-30-33-27(20-45-30)37-35(42)38-33/h4-5,8-9,13-16,21-22,25,27,29-30,33H,6-7,10-12,17-20H2,1-3H3,(H2,37,38,42)/t22-,25+,27+,29?,30?,33+/m1/s1. The first-order valence-corrected chi connectivity index (χ1v) is 17.4. The van der Waals surface area contributed by atoms with E-state index in [1.165, 1.54) is 6.42 Å². The number of esters is 2. The van der Waals surface area contributed by atoms with Crippen LogP contribution in [0.3, 0.4) is 0 Å². The van der Waals surface area contributed by atoms with Crippen LogP contribution in [-0.2, 0) is 20.9 Å². The monoisotopic (exact) mass is 632 g/mol. The summed E-state index contributed by atoms with van der Waals surface area (Å²) in [6.07, 6.45) is 6.06. The van der Waals surface area contributed by atoms with Crippen LogP contribution in [0.4, 0.5) is 4.79 Å². The number of ether oxygens (including phenoxy) is 2. The predicted octanol–water partition coefficient (Wildman–Crippen LogP) is 6.34. The van der Waals surface area contributed by atoms with E-state index in [2.05, 4.69) is 31.4 Å². The quantitative estimate of drug-likeness (QED) is 0.110. The van der Waals surface area contributed by atoms with Crippen LogP contribution in [0.2, 0.25) is 0 Å². The molecule has 1 aromatic heterocycles. The number of para-hydroxylation sites is 2. The van der Waals surface area contributed by atoms with E-state index in [9.17, 15) is 14.4 Å². The number of amides is 2. The number of aromatic nitrogens is 2. The average Bonchev–Trinajstić information content (AvgIpc) is 3.68. The van der Waals surface area contributed by atoms with Gasteiger partial charge >= 0.3 is 18.0 Å². The summed E-state index contributed by atoms with van der Waals surface area (Å²) in [5.74, 6) is 2.97. The van der Waals surface area contributed by atoms with Crippen LogP contribution in [0.5, 0.6) is 5.75 Å². The molecule has 6 rings (SSSR count). The van der Waals surface area contributed by atoms with Gasteiger partial charge in [0.05, 0.1) is 23.1 Å². The number of imidazole rings is 1. The zero-order valence-corrected chi connectivity index (χ0v) is 27.2. The fourth-order valence-corrected chi connectivity index (χ4v) is 8.70. The number of thioether (sulfide) groups is 1. The first-order chi connectivity index (χ1) is 21.7. The fourth-order valence-electron chi connectivity index (χ4n) is 7.15. The maximum absolute atomic E-state index is 13.4. The maximum Gasteiger partial charge on any atom is 0.326 e. The molecule has 240 valence electrons. The molecule has 2 aromatic carbocycles. The predicted molar refractivity (Wildman–Crippen MR) is 176 cm³/mol. The highest BCUT2D eigenvalue weighted by atomic mass is 32.2. The molecule has 45 heavy (non-hydrogen) atoms. The number of rotatable bonds is 11. The minimum atomic E-state index is -0.262. The molecule has 2 aliphatic heterocycles. The molecule has 0 spiro atoms. The fraction of sp³-hybridized carbons (Fsp3) is 0.543. The molecular formula is C35H44N4O5S. The van der Waals surface area contributed by atoms with Crippen molar-refractivity contribution in [3.8, 4) is 17.1 Å². The summed E-state index contributed by atoms with van der Waals surface area (Å²) >= 11 is 1.89. The first-order valence-electron chi connectivity index (χ1n) is 16.4. The van der Waals surface area contributed by atoms with Gasteiger partial charge < -0.3 is 24.7 Å². The Labute approximate surface area is 269 Å². The van der Waals surface area contributed by atoms with Crippen molar-refractivity contribution in [3.05, 3.63) is 48.5 Å². The molecule has 1 aliphatic carbocycles. The topological polar surface area (TPSA) is 112 Å². The van der Waals surface area contributed by atoms with E-state index in [4.69, 9.17) is 14.5 Å². The van der Waals surface area contributed by atoms with Crippen molar-refractivity contribution < 1.29 is 23.9 Å². The summed E-state index contributed by atoms with van der Waals surface area (Å²) in [6, 6.07) is 15.4. The van der Waals surface area contributed by atoms with Gasteiger partial charge in [0.15, 0.2) is 0 Å². The molecule has 2 amide bonds. The van der Waals surface area contributed by atoms with Crippen LogP contribution in [0.1, 0.15) is 65.7 Å². The van der Waals surface area contributed by atoms with Crippen molar-refractivity contribution in [3.63, 3.8) is 0 Å². The van der Waals surface area contributed by atoms with E-state index in [1.54, 1.807) is 12.1 Å². The summed E-state index contributed by atoms with van der Waals surface area (Å²) in [5, 5.41) is 6.37.